The van der Waals surface area contributed by atoms with E-state index in [4.69, 9.17) is 14.7 Å². The third kappa shape index (κ3) is 2.74. The molecule has 0 atom stereocenters. The number of nitrogens with zero attached hydrogens (tertiary/aromatic N) is 3. The van der Waals surface area contributed by atoms with Crippen molar-refractivity contribution in [3.63, 3.8) is 0 Å². The summed E-state index contributed by atoms with van der Waals surface area (Å²) in [5.74, 6) is 1.03. The number of pyridine rings is 1. The molecule has 0 saturated carbocycles. The first kappa shape index (κ1) is 14.3. The van der Waals surface area contributed by atoms with Gasteiger partial charge in [0, 0.05) is 11.6 Å². The van der Waals surface area contributed by atoms with E-state index >= 15 is 0 Å². The van der Waals surface area contributed by atoms with Crippen molar-refractivity contribution in [1.82, 2.24) is 4.98 Å². The third-order valence-corrected chi connectivity index (χ3v) is 2.86. The number of nitriles is 1. The Hall–Kier alpha value is -3.14. The number of methoxy groups -OCH3 is 2. The first-order valence-corrected chi connectivity index (χ1v) is 5.87. The van der Waals surface area contributed by atoms with Crippen LogP contribution in [-0.4, -0.2) is 24.1 Å². The van der Waals surface area contributed by atoms with E-state index in [2.05, 4.69) is 4.98 Å². The number of rotatable bonds is 4. The van der Waals surface area contributed by atoms with Gasteiger partial charge >= 0.3 is 0 Å². The molecule has 106 valence electrons. The summed E-state index contributed by atoms with van der Waals surface area (Å²) >= 11 is 0. The van der Waals surface area contributed by atoms with Crippen LogP contribution in [0.25, 0.3) is 11.3 Å². The highest BCUT2D eigenvalue weighted by atomic mass is 16.6. The molecule has 0 amide bonds. The summed E-state index contributed by atoms with van der Waals surface area (Å²) in [6.07, 6.45) is 1.12. The van der Waals surface area contributed by atoms with Crippen LogP contribution in [-0.2, 0) is 0 Å². The van der Waals surface area contributed by atoms with Gasteiger partial charge in [0.25, 0.3) is 5.69 Å². The Bertz CT molecular complexity index is 737. The Balaban J connectivity index is 2.57. The fourth-order valence-electron chi connectivity index (χ4n) is 1.85. The van der Waals surface area contributed by atoms with Gasteiger partial charge in [-0.1, -0.05) is 0 Å². The van der Waals surface area contributed by atoms with Crippen molar-refractivity contribution < 1.29 is 14.4 Å². The molecular weight excluding hydrogens is 274 g/mol. The van der Waals surface area contributed by atoms with Crippen LogP contribution in [0.2, 0.25) is 0 Å². The second kappa shape index (κ2) is 5.88. The molecule has 0 aliphatic rings. The first-order valence-electron chi connectivity index (χ1n) is 5.87. The van der Waals surface area contributed by atoms with Gasteiger partial charge in [-0.15, -0.1) is 0 Å². The van der Waals surface area contributed by atoms with Crippen molar-refractivity contribution in [2.45, 2.75) is 0 Å². The van der Waals surface area contributed by atoms with Crippen molar-refractivity contribution >= 4 is 5.69 Å². The minimum Gasteiger partial charge on any atom is -0.493 e. The lowest BCUT2D eigenvalue weighted by atomic mass is 10.1. The predicted molar refractivity (Wildman–Crippen MR) is 74.1 cm³/mol. The van der Waals surface area contributed by atoms with Gasteiger partial charge in [0.1, 0.15) is 12.3 Å². The van der Waals surface area contributed by atoms with Gasteiger partial charge in [-0.3, -0.25) is 10.1 Å². The average Bonchev–Trinajstić information content (AvgIpc) is 2.53. The number of aromatic nitrogens is 1. The van der Waals surface area contributed by atoms with Gasteiger partial charge < -0.3 is 9.47 Å². The quantitative estimate of drug-likeness (QED) is 0.632. The zero-order chi connectivity index (χ0) is 15.4. The zero-order valence-electron chi connectivity index (χ0n) is 11.4. The zero-order valence-corrected chi connectivity index (χ0v) is 11.4. The lowest BCUT2D eigenvalue weighted by Gasteiger charge is -2.09. The lowest BCUT2D eigenvalue weighted by Crippen LogP contribution is -1.96. The fourth-order valence-corrected chi connectivity index (χ4v) is 1.85. The molecule has 2 aromatic rings. The summed E-state index contributed by atoms with van der Waals surface area (Å²) < 4.78 is 10.3. The maximum absolute atomic E-state index is 10.7. The Morgan fingerprint density at radius 3 is 2.52 bits per heavy atom. The molecule has 0 saturated heterocycles. The molecule has 1 aromatic carbocycles. The highest BCUT2D eigenvalue weighted by Crippen LogP contribution is 2.33. The molecule has 0 spiro atoms. The number of benzene rings is 1. The summed E-state index contributed by atoms with van der Waals surface area (Å²) in [6.45, 7) is 0. The van der Waals surface area contributed by atoms with E-state index in [1.165, 1.54) is 20.3 Å². The number of hydrogen-bond acceptors (Lipinski definition) is 6. The predicted octanol–water partition coefficient (Wildman–Crippen LogP) is 2.55. The Kier molecular flexibility index (Phi) is 4.00. The topological polar surface area (TPSA) is 98.3 Å². The van der Waals surface area contributed by atoms with Crippen LogP contribution in [0.3, 0.4) is 0 Å². The summed E-state index contributed by atoms with van der Waals surface area (Å²) in [5, 5.41) is 19.9. The summed E-state index contributed by atoms with van der Waals surface area (Å²) in [7, 11) is 3.01. The van der Waals surface area contributed by atoms with Gasteiger partial charge in [0.15, 0.2) is 11.5 Å². The smallest absolute Gasteiger partial charge is 0.288 e. The molecule has 7 nitrogen and oxygen atoms in total. The average molecular weight is 285 g/mol. The van der Waals surface area contributed by atoms with Crippen molar-refractivity contribution in [2.24, 2.45) is 0 Å². The van der Waals surface area contributed by atoms with Gasteiger partial charge in [-0.2, -0.15) is 5.26 Å². The summed E-state index contributed by atoms with van der Waals surface area (Å²) in [5.41, 5.74) is 0.857. The van der Waals surface area contributed by atoms with E-state index in [0.29, 0.717) is 22.8 Å². The van der Waals surface area contributed by atoms with Gasteiger partial charge in [0.05, 0.1) is 30.4 Å². The molecule has 1 heterocycles. The molecule has 0 bridgehead atoms. The Labute approximate surface area is 120 Å². The second-order valence-electron chi connectivity index (χ2n) is 4.03. The van der Waals surface area contributed by atoms with E-state index in [1.54, 1.807) is 18.2 Å². The number of nitro groups is 1. The first-order chi connectivity index (χ1) is 10.1. The molecule has 21 heavy (non-hydrogen) atoms. The van der Waals surface area contributed by atoms with Crippen LogP contribution in [0.15, 0.2) is 30.5 Å². The fraction of sp³-hybridized carbons (Fsp3) is 0.143. The van der Waals surface area contributed by atoms with Gasteiger partial charge in [-0.25, -0.2) is 4.98 Å². The normalized spacial score (nSPS) is 9.76. The highest BCUT2D eigenvalue weighted by molar-refractivity contribution is 5.70. The summed E-state index contributed by atoms with van der Waals surface area (Å²) in [6, 6.07) is 8.15. The van der Waals surface area contributed by atoms with E-state index < -0.39 is 4.92 Å². The Morgan fingerprint density at radius 1 is 1.24 bits per heavy atom. The molecule has 0 fully saturated rings. The van der Waals surface area contributed by atoms with E-state index in [0.717, 1.165) is 6.20 Å². The lowest BCUT2D eigenvalue weighted by molar-refractivity contribution is -0.385. The molecule has 0 unspecified atom stereocenters. The SMILES string of the molecule is COc1ccc(-c2ncc([N+](=O)[O-])cc2C#N)cc1OC. The van der Waals surface area contributed by atoms with Crippen molar-refractivity contribution in [3.8, 4) is 28.8 Å². The molecular formula is C14H11N3O4. The molecule has 1 aromatic heterocycles. The van der Waals surface area contributed by atoms with Crippen LogP contribution in [0.4, 0.5) is 5.69 Å². The van der Waals surface area contributed by atoms with Crippen molar-refractivity contribution in [1.29, 1.82) is 5.26 Å². The van der Waals surface area contributed by atoms with Crippen molar-refractivity contribution in [3.05, 3.63) is 46.1 Å². The standard InChI is InChI=1S/C14H11N3O4/c1-20-12-4-3-9(6-13(12)21-2)14-10(7-15)5-11(8-16-14)17(18)19/h3-6,8H,1-2H3. The van der Waals surface area contributed by atoms with E-state index in [1.807, 2.05) is 6.07 Å². The maximum Gasteiger partial charge on any atom is 0.288 e. The molecule has 0 N–H and O–H groups in total. The monoisotopic (exact) mass is 285 g/mol. The highest BCUT2D eigenvalue weighted by Gasteiger charge is 2.15. The van der Waals surface area contributed by atoms with Crippen LogP contribution < -0.4 is 9.47 Å². The number of hydrogen-bond donors (Lipinski definition) is 0. The molecule has 2 rings (SSSR count). The molecule has 7 heteroatoms. The van der Waals surface area contributed by atoms with Crippen LogP contribution in [0.1, 0.15) is 5.56 Å². The molecule has 0 radical (unpaired) electrons. The molecule has 0 aliphatic carbocycles. The van der Waals surface area contributed by atoms with Crippen molar-refractivity contribution in [2.75, 3.05) is 14.2 Å². The van der Waals surface area contributed by atoms with Gasteiger partial charge in [0.2, 0.25) is 0 Å². The summed E-state index contributed by atoms with van der Waals surface area (Å²) in [4.78, 5) is 14.1. The maximum atomic E-state index is 10.7. The van der Waals surface area contributed by atoms with Crippen LogP contribution >= 0.6 is 0 Å². The largest absolute Gasteiger partial charge is 0.493 e. The molecule has 0 aliphatic heterocycles. The minimum absolute atomic E-state index is 0.122. The Morgan fingerprint density at radius 2 is 1.95 bits per heavy atom. The van der Waals surface area contributed by atoms with E-state index in [-0.39, 0.29) is 11.3 Å². The van der Waals surface area contributed by atoms with Crippen LogP contribution in [0, 0.1) is 21.4 Å². The minimum atomic E-state index is -0.591. The van der Waals surface area contributed by atoms with E-state index in [9.17, 15) is 10.1 Å². The van der Waals surface area contributed by atoms with Gasteiger partial charge in [-0.05, 0) is 18.2 Å². The van der Waals surface area contributed by atoms with Crippen LogP contribution in [0.5, 0.6) is 11.5 Å². The second-order valence-corrected chi connectivity index (χ2v) is 4.03. The third-order valence-electron chi connectivity index (χ3n) is 2.86. The number of ether oxygens (including phenoxy) is 2.